The van der Waals surface area contributed by atoms with Crippen molar-refractivity contribution in [3.63, 3.8) is 0 Å². The van der Waals surface area contributed by atoms with Crippen LogP contribution in [-0.4, -0.2) is 36.8 Å². The van der Waals surface area contributed by atoms with E-state index >= 15 is 0 Å². The zero-order chi connectivity index (χ0) is 13.8. The van der Waals surface area contributed by atoms with Gasteiger partial charge in [-0.1, -0.05) is 0 Å². The van der Waals surface area contributed by atoms with Crippen molar-refractivity contribution >= 4 is 17.4 Å². The van der Waals surface area contributed by atoms with Crippen LogP contribution in [0, 0.1) is 5.92 Å². The van der Waals surface area contributed by atoms with Gasteiger partial charge in [0, 0.05) is 37.9 Å². The first-order valence-electron chi connectivity index (χ1n) is 6.55. The van der Waals surface area contributed by atoms with Crippen LogP contribution >= 0.6 is 0 Å². The van der Waals surface area contributed by atoms with Crippen molar-refractivity contribution in [1.82, 2.24) is 10.3 Å². The average Bonchev–Trinajstić information content (AvgIpc) is 2.46. The number of anilines is 1. The van der Waals surface area contributed by atoms with Gasteiger partial charge in [-0.25, -0.2) is 0 Å². The molecule has 1 saturated heterocycles. The van der Waals surface area contributed by atoms with Gasteiger partial charge in [0.2, 0.25) is 0 Å². The summed E-state index contributed by atoms with van der Waals surface area (Å²) < 4.78 is 0. The number of carbonyl (C=O) groups excluding carboxylic acids is 2. The lowest BCUT2D eigenvalue weighted by Gasteiger charge is -2.33. The van der Waals surface area contributed by atoms with E-state index in [0.29, 0.717) is 5.69 Å². The van der Waals surface area contributed by atoms with E-state index in [0.717, 1.165) is 31.6 Å². The Morgan fingerprint density at radius 2 is 2.26 bits per heavy atom. The predicted octanol–water partition coefficient (Wildman–Crippen LogP) is 1.25. The molecule has 1 amide bonds. The molecule has 0 aliphatic carbocycles. The van der Waals surface area contributed by atoms with Crippen LogP contribution in [0.4, 0.5) is 5.69 Å². The molecule has 19 heavy (non-hydrogen) atoms. The molecule has 0 radical (unpaired) electrons. The first-order valence-corrected chi connectivity index (χ1v) is 6.55. The number of nitrogens with one attached hydrogen (secondary N) is 1. The Balaban J connectivity index is 2.17. The van der Waals surface area contributed by atoms with E-state index in [9.17, 15) is 9.59 Å². The summed E-state index contributed by atoms with van der Waals surface area (Å²) in [6.45, 7) is 3.30. The third-order valence-electron chi connectivity index (χ3n) is 3.56. The zero-order valence-corrected chi connectivity index (χ0v) is 11.3. The number of nitrogens with zero attached hydrogens (tertiary/aromatic N) is 2. The van der Waals surface area contributed by atoms with Crippen molar-refractivity contribution in [2.75, 3.05) is 25.0 Å². The van der Waals surface area contributed by atoms with E-state index < -0.39 is 0 Å². The topological polar surface area (TPSA) is 62.3 Å². The molecule has 1 aromatic rings. The van der Waals surface area contributed by atoms with Crippen LogP contribution < -0.4 is 10.2 Å². The van der Waals surface area contributed by atoms with Gasteiger partial charge in [-0.05, 0) is 31.9 Å². The van der Waals surface area contributed by atoms with Crippen molar-refractivity contribution < 1.29 is 9.59 Å². The number of amides is 1. The van der Waals surface area contributed by atoms with Gasteiger partial charge >= 0.3 is 0 Å². The molecule has 1 atom stereocenters. The number of rotatable bonds is 3. The zero-order valence-electron chi connectivity index (χ0n) is 11.3. The molecule has 1 unspecified atom stereocenters. The number of Topliss-reactive ketones (excluding diaryl/α,β-unsaturated/α-hetero) is 1. The highest BCUT2D eigenvalue weighted by molar-refractivity contribution is 5.92. The first kappa shape index (κ1) is 13.5. The van der Waals surface area contributed by atoms with Gasteiger partial charge in [0.05, 0.1) is 0 Å². The van der Waals surface area contributed by atoms with Crippen LogP contribution in [0.5, 0.6) is 0 Å². The fourth-order valence-electron chi connectivity index (χ4n) is 2.41. The van der Waals surface area contributed by atoms with Crippen molar-refractivity contribution in [3.05, 3.63) is 24.0 Å². The van der Waals surface area contributed by atoms with E-state index in [1.165, 1.54) is 0 Å². The molecule has 0 aromatic carbocycles. The molecule has 1 aromatic heterocycles. The van der Waals surface area contributed by atoms with Gasteiger partial charge in [-0.15, -0.1) is 0 Å². The Labute approximate surface area is 113 Å². The summed E-state index contributed by atoms with van der Waals surface area (Å²) in [7, 11) is 1.59. The Bertz CT molecular complexity index is 487. The van der Waals surface area contributed by atoms with Crippen molar-refractivity contribution in [3.8, 4) is 0 Å². The summed E-state index contributed by atoms with van der Waals surface area (Å²) >= 11 is 0. The van der Waals surface area contributed by atoms with E-state index in [4.69, 9.17) is 0 Å². The quantitative estimate of drug-likeness (QED) is 0.889. The maximum absolute atomic E-state index is 11.6. The van der Waals surface area contributed by atoms with Crippen LogP contribution in [0.15, 0.2) is 18.3 Å². The SMILES string of the molecule is CNC(=O)c1cc(N2CCCC(C(C)=O)C2)ccn1. The maximum atomic E-state index is 11.6. The van der Waals surface area contributed by atoms with E-state index in [-0.39, 0.29) is 17.6 Å². The number of carbonyl (C=O) groups is 2. The molecule has 2 heterocycles. The second-order valence-corrected chi connectivity index (χ2v) is 4.87. The number of aromatic nitrogens is 1. The number of hydrogen-bond donors (Lipinski definition) is 1. The van der Waals surface area contributed by atoms with Crippen molar-refractivity contribution in [2.24, 2.45) is 5.92 Å². The van der Waals surface area contributed by atoms with E-state index in [1.807, 2.05) is 6.07 Å². The maximum Gasteiger partial charge on any atom is 0.269 e. The highest BCUT2D eigenvalue weighted by Gasteiger charge is 2.23. The first-order chi connectivity index (χ1) is 9.11. The summed E-state index contributed by atoms with van der Waals surface area (Å²) in [5.74, 6) is 0.151. The molecule has 1 fully saturated rings. The number of piperidine rings is 1. The van der Waals surface area contributed by atoms with Gasteiger partial charge < -0.3 is 10.2 Å². The van der Waals surface area contributed by atoms with Gasteiger partial charge in [0.1, 0.15) is 11.5 Å². The molecule has 1 aliphatic heterocycles. The minimum absolute atomic E-state index is 0.102. The number of ketones is 1. The smallest absolute Gasteiger partial charge is 0.269 e. The lowest BCUT2D eigenvalue weighted by atomic mass is 9.94. The Morgan fingerprint density at radius 1 is 1.47 bits per heavy atom. The molecule has 0 bridgehead atoms. The lowest BCUT2D eigenvalue weighted by molar-refractivity contribution is -0.120. The third kappa shape index (κ3) is 3.10. The van der Waals surface area contributed by atoms with Crippen LogP contribution in [0.25, 0.3) is 0 Å². The van der Waals surface area contributed by atoms with Gasteiger partial charge in [-0.2, -0.15) is 0 Å². The van der Waals surface area contributed by atoms with Crippen LogP contribution in [-0.2, 0) is 4.79 Å². The molecule has 102 valence electrons. The monoisotopic (exact) mass is 261 g/mol. The van der Waals surface area contributed by atoms with Gasteiger partial charge in [0.25, 0.3) is 5.91 Å². The van der Waals surface area contributed by atoms with Crippen LogP contribution in [0.3, 0.4) is 0 Å². The highest BCUT2D eigenvalue weighted by Crippen LogP contribution is 2.23. The molecule has 0 spiro atoms. The Hall–Kier alpha value is -1.91. The number of hydrogen-bond acceptors (Lipinski definition) is 4. The average molecular weight is 261 g/mol. The fourth-order valence-corrected chi connectivity index (χ4v) is 2.41. The van der Waals surface area contributed by atoms with Gasteiger partial charge in [0.15, 0.2) is 0 Å². The van der Waals surface area contributed by atoms with E-state index in [2.05, 4.69) is 15.2 Å². The molecule has 2 rings (SSSR count). The van der Waals surface area contributed by atoms with Gasteiger partial charge in [-0.3, -0.25) is 14.6 Å². The Kier molecular flexibility index (Phi) is 4.14. The lowest BCUT2D eigenvalue weighted by Crippen LogP contribution is -2.38. The molecule has 5 heteroatoms. The standard InChI is InChI=1S/C14H19N3O2/c1-10(18)11-4-3-7-17(9-11)12-5-6-16-13(8-12)14(19)15-2/h5-6,8,11H,3-4,7,9H2,1-2H3,(H,15,19). The molecule has 1 aliphatic rings. The fraction of sp³-hybridized carbons (Fsp3) is 0.500. The molecular weight excluding hydrogens is 242 g/mol. The summed E-state index contributed by atoms with van der Waals surface area (Å²) in [5, 5.41) is 2.56. The van der Waals surface area contributed by atoms with Crippen LogP contribution in [0.2, 0.25) is 0 Å². The minimum Gasteiger partial charge on any atom is -0.371 e. The second kappa shape index (κ2) is 5.82. The summed E-state index contributed by atoms with van der Waals surface area (Å²) in [6.07, 6.45) is 3.60. The molecule has 0 saturated carbocycles. The van der Waals surface area contributed by atoms with Crippen molar-refractivity contribution in [1.29, 1.82) is 0 Å². The van der Waals surface area contributed by atoms with Crippen LogP contribution in [0.1, 0.15) is 30.3 Å². The predicted molar refractivity (Wildman–Crippen MR) is 73.2 cm³/mol. The summed E-state index contributed by atoms with van der Waals surface area (Å²) in [5.41, 5.74) is 1.37. The normalized spacial score (nSPS) is 19.1. The number of pyridine rings is 1. The van der Waals surface area contributed by atoms with Crippen molar-refractivity contribution in [2.45, 2.75) is 19.8 Å². The largest absolute Gasteiger partial charge is 0.371 e. The molecule has 1 N–H and O–H groups in total. The molecular formula is C14H19N3O2. The second-order valence-electron chi connectivity index (χ2n) is 4.87. The Morgan fingerprint density at radius 3 is 2.95 bits per heavy atom. The summed E-state index contributed by atoms with van der Waals surface area (Å²) in [4.78, 5) is 29.3. The third-order valence-corrected chi connectivity index (χ3v) is 3.56. The minimum atomic E-state index is -0.193. The molecule has 5 nitrogen and oxygen atoms in total. The highest BCUT2D eigenvalue weighted by atomic mass is 16.1. The summed E-state index contributed by atoms with van der Waals surface area (Å²) in [6, 6.07) is 3.66. The van der Waals surface area contributed by atoms with E-state index in [1.54, 1.807) is 26.2 Å².